The van der Waals surface area contributed by atoms with E-state index in [4.69, 9.17) is 0 Å². The van der Waals surface area contributed by atoms with E-state index in [1.807, 2.05) is 4.90 Å². The minimum atomic E-state index is 0.306. The van der Waals surface area contributed by atoms with Crippen LogP contribution in [0.25, 0.3) is 0 Å². The van der Waals surface area contributed by atoms with Crippen LogP contribution in [-0.2, 0) is 22.7 Å². The van der Waals surface area contributed by atoms with Gasteiger partial charge in [-0.2, -0.15) is 0 Å². The van der Waals surface area contributed by atoms with Gasteiger partial charge in [0.05, 0.1) is 0 Å². The molecule has 1 aliphatic carbocycles. The van der Waals surface area contributed by atoms with Crippen LogP contribution in [0, 0.1) is 17.3 Å². The van der Waals surface area contributed by atoms with E-state index < -0.39 is 0 Å². The normalized spacial score (nSPS) is 22.6. The van der Waals surface area contributed by atoms with Gasteiger partial charge in [-0.3, -0.25) is 9.59 Å². The lowest BCUT2D eigenvalue weighted by molar-refractivity contribution is -0.134. The second-order valence-corrected chi connectivity index (χ2v) is 9.65. The number of carbonyl (C=O) groups is 2. The Labute approximate surface area is 169 Å². The monoisotopic (exact) mass is 382 g/mol. The highest BCUT2D eigenvalue weighted by Crippen LogP contribution is 2.61. The molecule has 1 unspecified atom stereocenters. The van der Waals surface area contributed by atoms with Gasteiger partial charge in [-0.1, -0.05) is 38.1 Å². The van der Waals surface area contributed by atoms with E-state index in [2.05, 4.69) is 43.0 Å². The molecule has 2 heterocycles. The fourth-order valence-corrected chi connectivity index (χ4v) is 5.30. The molecular formula is C24H34N2O2. The predicted molar refractivity (Wildman–Crippen MR) is 110 cm³/mol. The van der Waals surface area contributed by atoms with Crippen molar-refractivity contribution in [3.8, 4) is 0 Å². The summed E-state index contributed by atoms with van der Waals surface area (Å²) in [5, 5.41) is 0. The number of hydrogen-bond donors (Lipinski definition) is 0. The van der Waals surface area contributed by atoms with E-state index >= 15 is 0 Å². The summed E-state index contributed by atoms with van der Waals surface area (Å²) in [7, 11) is 0. The van der Waals surface area contributed by atoms with Crippen LogP contribution in [0.2, 0.25) is 0 Å². The molecule has 0 N–H and O–H groups in total. The van der Waals surface area contributed by atoms with Gasteiger partial charge in [0, 0.05) is 39.0 Å². The van der Waals surface area contributed by atoms with Crippen molar-refractivity contribution in [1.29, 1.82) is 0 Å². The first-order valence-electron chi connectivity index (χ1n) is 11.1. The van der Waals surface area contributed by atoms with E-state index in [9.17, 15) is 9.59 Å². The van der Waals surface area contributed by atoms with Crippen molar-refractivity contribution in [3.63, 3.8) is 0 Å². The summed E-state index contributed by atoms with van der Waals surface area (Å²) in [6.07, 6.45) is 7.18. The summed E-state index contributed by atoms with van der Waals surface area (Å²) >= 11 is 0. The average molecular weight is 383 g/mol. The average Bonchev–Trinajstić information content (AvgIpc) is 3.14. The number of likely N-dealkylation sites (tertiary alicyclic amines) is 1. The minimum absolute atomic E-state index is 0.306. The Balaban J connectivity index is 1.16. The molecule has 2 amide bonds. The molecule has 1 aromatic rings. The van der Waals surface area contributed by atoms with Gasteiger partial charge < -0.3 is 9.80 Å². The first-order chi connectivity index (χ1) is 13.5. The van der Waals surface area contributed by atoms with Gasteiger partial charge in [0.2, 0.25) is 11.8 Å². The molecule has 1 aromatic carbocycles. The Morgan fingerprint density at radius 3 is 2.29 bits per heavy atom. The summed E-state index contributed by atoms with van der Waals surface area (Å²) in [5.41, 5.74) is 3.09. The van der Waals surface area contributed by atoms with E-state index in [0.717, 1.165) is 51.4 Å². The summed E-state index contributed by atoms with van der Waals surface area (Å²) in [6.45, 7) is 7.66. The zero-order chi connectivity index (χ0) is 19.7. The van der Waals surface area contributed by atoms with Gasteiger partial charge in [-0.15, -0.1) is 0 Å². The fourth-order valence-electron chi connectivity index (χ4n) is 5.30. The van der Waals surface area contributed by atoms with Crippen LogP contribution in [0.15, 0.2) is 24.3 Å². The van der Waals surface area contributed by atoms with Crippen molar-refractivity contribution in [2.24, 2.45) is 17.3 Å². The van der Waals surface area contributed by atoms with Crippen molar-refractivity contribution in [2.75, 3.05) is 13.1 Å². The summed E-state index contributed by atoms with van der Waals surface area (Å²) in [6, 6.07) is 8.38. The van der Waals surface area contributed by atoms with Crippen LogP contribution in [0.4, 0.5) is 0 Å². The molecule has 1 spiro atoms. The van der Waals surface area contributed by atoms with Crippen LogP contribution in [0.1, 0.15) is 69.9 Å². The predicted octanol–water partition coefficient (Wildman–Crippen LogP) is 4.37. The molecule has 1 saturated heterocycles. The maximum Gasteiger partial charge on any atom is 0.223 e. The zero-order valence-corrected chi connectivity index (χ0v) is 17.5. The molecule has 28 heavy (non-hydrogen) atoms. The molecule has 0 bridgehead atoms. The second kappa shape index (κ2) is 7.88. The number of carbonyl (C=O) groups excluding carboxylic acids is 2. The van der Waals surface area contributed by atoms with Crippen LogP contribution in [0.5, 0.6) is 0 Å². The molecule has 4 rings (SSSR count). The van der Waals surface area contributed by atoms with Crippen molar-refractivity contribution in [1.82, 2.24) is 9.80 Å². The Kier molecular flexibility index (Phi) is 5.48. The molecule has 0 radical (unpaired) electrons. The Morgan fingerprint density at radius 1 is 1.04 bits per heavy atom. The van der Waals surface area contributed by atoms with Crippen molar-refractivity contribution < 1.29 is 9.59 Å². The minimum Gasteiger partial charge on any atom is -0.343 e. The number of amides is 2. The molecule has 152 valence electrons. The Morgan fingerprint density at radius 2 is 1.68 bits per heavy atom. The molecule has 3 aliphatic rings. The van der Waals surface area contributed by atoms with Gasteiger partial charge in [0.15, 0.2) is 0 Å². The molecule has 1 atom stereocenters. The topological polar surface area (TPSA) is 40.6 Å². The van der Waals surface area contributed by atoms with Crippen LogP contribution in [-0.4, -0.2) is 34.7 Å². The van der Waals surface area contributed by atoms with E-state index in [-0.39, 0.29) is 0 Å². The van der Waals surface area contributed by atoms with Gasteiger partial charge >= 0.3 is 0 Å². The first kappa shape index (κ1) is 19.5. The van der Waals surface area contributed by atoms with Gasteiger partial charge in [-0.25, -0.2) is 0 Å². The first-order valence-corrected chi connectivity index (χ1v) is 11.1. The van der Waals surface area contributed by atoms with E-state index in [0.29, 0.717) is 36.0 Å². The van der Waals surface area contributed by atoms with Crippen molar-refractivity contribution in [2.45, 2.75) is 71.9 Å². The second-order valence-electron chi connectivity index (χ2n) is 9.65. The van der Waals surface area contributed by atoms with Crippen LogP contribution < -0.4 is 0 Å². The highest BCUT2D eigenvalue weighted by Gasteiger charge is 2.54. The number of fused-ring (bicyclic) bond motifs is 1. The van der Waals surface area contributed by atoms with Crippen molar-refractivity contribution >= 4 is 11.8 Å². The lowest BCUT2D eigenvalue weighted by atomic mass is 9.89. The number of hydrogen-bond acceptors (Lipinski definition) is 2. The number of rotatable bonds is 6. The largest absolute Gasteiger partial charge is 0.343 e. The molecule has 2 aliphatic heterocycles. The van der Waals surface area contributed by atoms with Gasteiger partial charge in [0.25, 0.3) is 0 Å². The lowest BCUT2D eigenvalue weighted by Crippen LogP contribution is -2.40. The number of piperidine rings is 1. The SMILES string of the molecule is CC(C)CC(=O)N1CCC2(CC1)CC2CCCC(=O)N1Cc2ccccc2C1. The molecule has 0 aromatic heterocycles. The van der Waals surface area contributed by atoms with E-state index in [1.54, 1.807) is 0 Å². The molecule has 4 nitrogen and oxygen atoms in total. The third kappa shape index (κ3) is 4.11. The third-order valence-electron chi connectivity index (χ3n) is 7.19. The lowest BCUT2D eigenvalue weighted by Gasteiger charge is -2.33. The number of benzene rings is 1. The fraction of sp³-hybridized carbons (Fsp3) is 0.667. The maximum absolute atomic E-state index is 12.6. The zero-order valence-electron chi connectivity index (χ0n) is 17.5. The Bertz CT molecular complexity index is 709. The highest BCUT2D eigenvalue weighted by molar-refractivity contribution is 5.77. The molecule has 1 saturated carbocycles. The molecular weight excluding hydrogens is 348 g/mol. The quantitative estimate of drug-likeness (QED) is 0.733. The van der Waals surface area contributed by atoms with Gasteiger partial charge in [-0.05, 0) is 60.5 Å². The van der Waals surface area contributed by atoms with Crippen LogP contribution in [0.3, 0.4) is 0 Å². The number of nitrogens with zero attached hydrogens (tertiary/aromatic N) is 2. The van der Waals surface area contributed by atoms with Gasteiger partial charge in [0.1, 0.15) is 0 Å². The molecule has 4 heteroatoms. The summed E-state index contributed by atoms with van der Waals surface area (Å²) in [5.74, 6) is 1.86. The molecule has 2 fully saturated rings. The third-order valence-corrected chi connectivity index (χ3v) is 7.19. The van der Waals surface area contributed by atoms with E-state index in [1.165, 1.54) is 24.0 Å². The smallest absolute Gasteiger partial charge is 0.223 e. The Hall–Kier alpha value is -1.84. The maximum atomic E-state index is 12.6. The highest BCUT2D eigenvalue weighted by atomic mass is 16.2. The van der Waals surface area contributed by atoms with Crippen molar-refractivity contribution in [3.05, 3.63) is 35.4 Å². The van der Waals surface area contributed by atoms with Crippen LogP contribution >= 0.6 is 0 Å². The standard InChI is InChI=1S/C24H34N2O2/c1-18(2)14-23(28)25-12-10-24(11-13-25)15-21(24)8-5-9-22(27)26-16-19-6-3-4-7-20(19)17-26/h3-4,6-7,18,21H,5,8-17H2,1-2H3. The summed E-state index contributed by atoms with van der Waals surface area (Å²) in [4.78, 5) is 28.9. The summed E-state index contributed by atoms with van der Waals surface area (Å²) < 4.78 is 0.